The second kappa shape index (κ2) is 5.03. The molecule has 5 heteroatoms. The summed E-state index contributed by atoms with van der Waals surface area (Å²) in [6, 6.07) is 8.90. The zero-order valence-corrected chi connectivity index (χ0v) is 11.6. The maximum atomic E-state index is 11.4. The first-order chi connectivity index (χ1) is 8.90. The lowest BCUT2D eigenvalue weighted by Crippen LogP contribution is -1.99. The molecule has 2 aromatic carbocycles. The van der Waals surface area contributed by atoms with Crippen molar-refractivity contribution in [2.24, 2.45) is 0 Å². The summed E-state index contributed by atoms with van der Waals surface area (Å²) in [5.41, 5.74) is 16.2. The summed E-state index contributed by atoms with van der Waals surface area (Å²) in [4.78, 5) is 0.312. The fourth-order valence-corrected chi connectivity index (χ4v) is 2.51. The van der Waals surface area contributed by atoms with Crippen LogP contribution in [0.15, 0.2) is 35.2 Å². The van der Waals surface area contributed by atoms with E-state index in [2.05, 4.69) is 0 Å². The summed E-state index contributed by atoms with van der Waals surface area (Å²) in [6.07, 6.45) is 0. The number of benzene rings is 2. The quantitative estimate of drug-likeness (QED) is 0.581. The van der Waals surface area contributed by atoms with Gasteiger partial charge in [0, 0.05) is 16.9 Å². The molecule has 1 atom stereocenters. The molecule has 19 heavy (non-hydrogen) atoms. The molecule has 0 aliphatic rings. The van der Waals surface area contributed by atoms with E-state index in [1.54, 1.807) is 12.1 Å². The van der Waals surface area contributed by atoms with Crippen LogP contribution in [0.2, 0.25) is 0 Å². The number of hydrogen-bond acceptors (Lipinski definition) is 3. The molecule has 5 N–H and O–H groups in total. The van der Waals surface area contributed by atoms with Crippen LogP contribution in [0, 0.1) is 13.8 Å². The number of hydrogen-bond donors (Lipinski definition) is 3. The molecule has 0 aromatic heterocycles. The molecule has 0 saturated carbocycles. The average Bonchev–Trinajstić information content (AvgIpc) is 2.35. The van der Waals surface area contributed by atoms with Crippen molar-refractivity contribution in [3.63, 3.8) is 0 Å². The summed E-state index contributed by atoms with van der Waals surface area (Å²) in [5, 5.41) is 0. The van der Waals surface area contributed by atoms with Crippen LogP contribution in [0.3, 0.4) is 0 Å². The second-order valence-corrected chi connectivity index (χ2v) is 5.46. The van der Waals surface area contributed by atoms with Crippen molar-refractivity contribution in [1.29, 1.82) is 0 Å². The van der Waals surface area contributed by atoms with Gasteiger partial charge in [-0.2, -0.15) is 0 Å². The summed E-state index contributed by atoms with van der Waals surface area (Å²) in [6.45, 7) is 3.77. The zero-order valence-electron chi connectivity index (χ0n) is 10.8. The third-order valence-electron chi connectivity index (χ3n) is 3.14. The largest absolute Gasteiger partial charge is 0.399 e. The maximum absolute atomic E-state index is 11.4. The van der Waals surface area contributed by atoms with E-state index in [-0.39, 0.29) is 0 Å². The average molecular weight is 276 g/mol. The maximum Gasteiger partial charge on any atom is 0.187 e. The van der Waals surface area contributed by atoms with Crippen molar-refractivity contribution in [2.45, 2.75) is 18.7 Å². The number of nitrogen functional groups attached to an aromatic ring is 2. The number of nitrogens with two attached hydrogens (primary N) is 2. The molecule has 0 spiro atoms. The molecule has 1 unspecified atom stereocenters. The van der Waals surface area contributed by atoms with Crippen LogP contribution >= 0.6 is 0 Å². The molecule has 100 valence electrons. The third kappa shape index (κ3) is 2.62. The lowest BCUT2D eigenvalue weighted by molar-refractivity contribution is 0.564. The Bertz CT molecular complexity index is 669. The topological polar surface area (TPSA) is 89.3 Å². The van der Waals surface area contributed by atoms with Crippen molar-refractivity contribution < 1.29 is 8.76 Å². The van der Waals surface area contributed by atoms with Crippen LogP contribution in [0.25, 0.3) is 11.1 Å². The molecule has 0 aliphatic heterocycles. The monoisotopic (exact) mass is 276 g/mol. The highest BCUT2D eigenvalue weighted by atomic mass is 32.2. The van der Waals surface area contributed by atoms with E-state index in [0.29, 0.717) is 21.8 Å². The molecule has 0 heterocycles. The molecule has 0 bridgehead atoms. The Morgan fingerprint density at radius 2 is 1.63 bits per heavy atom. The van der Waals surface area contributed by atoms with Gasteiger partial charge < -0.3 is 16.0 Å². The summed E-state index contributed by atoms with van der Waals surface area (Å²) in [7, 11) is 0. The van der Waals surface area contributed by atoms with Gasteiger partial charge in [0.2, 0.25) is 0 Å². The Labute approximate surface area is 114 Å². The minimum atomic E-state index is -2.08. The van der Waals surface area contributed by atoms with E-state index in [0.717, 1.165) is 16.7 Å². The van der Waals surface area contributed by atoms with Crippen molar-refractivity contribution in [1.82, 2.24) is 0 Å². The fourth-order valence-electron chi connectivity index (χ4n) is 1.92. The Balaban J connectivity index is 2.69. The molecule has 2 aromatic rings. The molecule has 2 rings (SSSR count). The zero-order chi connectivity index (χ0) is 14.2. The van der Waals surface area contributed by atoms with Gasteiger partial charge >= 0.3 is 0 Å². The molecule has 4 nitrogen and oxygen atoms in total. The summed E-state index contributed by atoms with van der Waals surface area (Å²) >= 11 is -2.08. The van der Waals surface area contributed by atoms with Crippen molar-refractivity contribution in [3.05, 3.63) is 41.5 Å². The molecule has 0 amide bonds. The van der Waals surface area contributed by atoms with Gasteiger partial charge in [-0.3, -0.25) is 0 Å². The van der Waals surface area contributed by atoms with Crippen LogP contribution in [0.5, 0.6) is 0 Å². The van der Waals surface area contributed by atoms with E-state index >= 15 is 0 Å². The highest BCUT2D eigenvalue weighted by molar-refractivity contribution is 7.79. The SMILES string of the molecule is Cc1cc(-c2cc(C)c(N)cc2S(=O)O)ccc1N. The van der Waals surface area contributed by atoms with E-state index < -0.39 is 11.1 Å². The van der Waals surface area contributed by atoms with Gasteiger partial charge in [-0.1, -0.05) is 6.07 Å². The molecule has 0 aliphatic carbocycles. The lowest BCUT2D eigenvalue weighted by Gasteiger charge is -2.12. The van der Waals surface area contributed by atoms with Gasteiger partial charge in [0.1, 0.15) is 0 Å². The van der Waals surface area contributed by atoms with Gasteiger partial charge in [-0.25, -0.2) is 4.21 Å². The molecule has 0 saturated heterocycles. The minimum absolute atomic E-state index is 0.312. The predicted molar refractivity (Wildman–Crippen MR) is 79.2 cm³/mol. The van der Waals surface area contributed by atoms with E-state index in [4.69, 9.17) is 11.5 Å². The first-order valence-electron chi connectivity index (χ1n) is 5.77. The third-order valence-corrected chi connectivity index (χ3v) is 3.85. The highest BCUT2D eigenvalue weighted by Crippen LogP contribution is 2.31. The standard InChI is InChI=1S/C14H16N2O2S/c1-8-5-10(3-4-12(8)15)11-6-9(2)13(16)7-14(11)19(17)18/h3-7H,15-16H2,1-2H3,(H,17,18). The van der Waals surface area contributed by atoms with Crippen LogP contribution in [-0.4, -0.2) is 8.76 Å². The summed E-state index contributed by atoms with van der Waals surface area (Å²) < 4.78 is 20.8. The molecular formula is C14H16N2O2S. The normalized spacial score (nSPS) is 12.4. The number of rotatable bonds is 2. The Hall–Kier alpha value is -1.85. The second-order valence-electron chi connectivity index (χ2n) is 4.53. The van der Waals surface area contributed by atoms with Gasteiger partial charge in [0.05, 0.1) is 4.90 Å². The predicted octanol–water partition coefficient (Wildman–Crippen LogP) is 2.72. The number of anilines is 2. The summed E-state index contributed by atoms with van der Waals surface area (Å²) in [5.74, 6) is 0. The molecular weight excluding hydrogens is 260 g/mol. The van der Waals surface area contributed by atoms with Crippen molar-refractivity contribution in [2.75, 3.05) is 11.5 Å². The van der Waals surface area contributed by atoms with Gasteiger partial charge in [0.25, 0.3) is 0 Å². The van der Waals surface area contributed by atoms with E-state index in [9.17, 15) is 8.76 Å². The Morgan fingerprint density at radius 3 is 2.21 bits per heavy atom. The van der Waals surface area contributed by atoms with E-state index in [1.165, 1.54) is 0 Å². The van der Waals surface area contributed by atoms with E-state index in [1.807, 2.05) is 32.0 Å². The molecule has 0 fully saturated rings. The van der Waals surface area contributed by atoms with Gasteiger partial charge in [-0.15, -0.1) is 0 Å². The Kier molecular flexibility index (Phi) is 3.59. The van der Waals surface area contributed by atoms with Crippen molar-refractivity contribution in [3.8, 4) is 11.1 Å². The van der Waals surface area contributed by atoms with Crippen molar-refractivity contribution >= 4 is 22.5 Å². The van der Waals surface area contributed by atoms with Gasteiger partial charge in [0.15, 0.2) is 11.1 Å². The lowest BCUT2D eigenvalue weighted by atomic mass is 10.00. The first kappa shape index (κ1) is 13.6. The van der Waals surface area contributed by atoms with Crippen LogP contribution in [0.1, 0.15) is 11.1 Å². The van der Waals surface area contributed by atoms with Crippen LogP contribution in [0.4, 0.5) is 11.4 Å². The number of aryl methyl sites for hydroxylation is 2. The van der Waals surface area contributed by atoms with Crippen LogP contribution in [-0.2, 0) is 11.1 Å². The minimum Gasteiger partial charge on any atom is -0.399 e. The highest BCUT2D eigenvalue weighted by Gasteiger charge is 2.13. The van der Waals surface area contributed by atoms with Gasteiger partial charge in [-0.05, 0) is 54.8 Å². The Morgan fingerprint density at radius 1 is 1.00 bits per heavy atom. The first-order valence-corrected chi connectivity index (χ1v) is 6.88. The smallest absolute Gasteiger partial charge is 0.187 e. The molecule has 0 radical (unpaired) electrons. The van der Waals surface area contributed by atoms with Crippen LogP contribution < -0.4 is 11.5 Å². The fraction of sp³-hybridized carbons (Fsp3) is 0.143.